The van der Waals surface area contributed by atoms with E-state index in [0.29, 0.717) is 11.9 Å². The number of aromatic nitrogens is 3. The highest BCUT2D eigenvalue weighted by atomic mass is 16.5. The van der Waals surface area contributed by atoms with E-state index in [-0.39, 0.29) is 0 Å². The van der Waals surface area contributed by atoms with E-state index >= 15 is 0 Å². The SMILES string of the molecule is COc1ccccc1N1CCN(c2n[nH]c(N)n2)CC1. The maximum absolute atomic E-state index is 5.56. The highest BCUT2D eigenvalue weighted by Crippen LogP contribution is 2.28. The van der Waals surface area contributed by atoms with Crippen LogP contribution in [0.3, 0.4) is 0 Å². The lowest BCUT2D eigenvalue weighted by Gasteiger charge is -2.36. The molecule has 0 radical (unpaired) electrons. The molecule has 7 heteroatoms. The molecule has 106 valence electrons. The first-order valence-electron chi connectivity index (χ1n) is 6.58. The largest absolute Gasteiger partial charge is 0.495 e. The number of aromatic amines is 1. The maximum atomic E-state index is 5.56. The Labute approximate surface area is 117 Å². The second kappa shape index (κ2) is 5.28. The van der Waals surface area contributed by atoms with Gasteiger partial charge in [0, 0.05) is 26.2 Å². The summed E-state index contributed by atoms with van der Waals surface area (Å²) >= 11 is 0. The third-order valence-corrected chi connectivity index (χ3v) is 3.48. The topological polar surface area (TPSA) is 83.3 Å². The van der Waals surface area contributed by atoms with Crippen molar-refractivity contribution in [3.05, 3.63) is 24.3 Å². The first-order valence-corrected chi connectivity index (χ1v) is 6.58. The summed E-state index contributed by atoms with van der Waals surface area (Å²) in [5.74, 6) is 1.93. The van der Waals surface area contributed by atoms with E-state index in [9.17, 15) is 0 Å². The zero-order valence-corrected chi connectivity index (χ0v) is 11.4. The second-order valence-corrected chi connectivity index (χ2v) is 4.67. The van der Waals surface area contributed by atoms with Crippen molar-refractivity contribution >= 4 is 17.6 Å². The molecule has 0 amide bonds. The molecule has 3 N–H and O–H groups in total. The molecular weight excluding hydrogens is 256 g/mol. The lowest BCUT2D eigenvalue weighted by Crippen LogP contribution is -2.47. The van der Waals surface area contributed by atoms with Gasteiger partial charge in [-0.2, -0.15) is 4.98 Å². The predicted molar refractivity (Wildman–Crippen MR) is 78.2 cm³/mol. The number of benzene rings is 1. The summed E-state index contributed by atoms with van der Waals surface area (Å²) in [6, 6.07) is 8.08. The molecular formula is C13H18N6O. The first kappa shape index (κ1) is 12.6. The fourth-order valence-corrected chi connectivity index (χ4v) is 2.44. The van der Waals surface area contributed by atoms with Crippen LogP contribution in [0.4, 0.5) is 17.6 Å². The minimum Gasteiger partial charge on any atom is -0.495 e. The molecule has 1 saturated heterocycles. The number of piperazine rings is 1. The van der Waals surface area contributed by atoms with Gasteiger partial charge in [0.25, 0.3) is 0 Å². The molecule has 1 aliphatic heterocycles. The summed E-state index contributed by atoms with van der Waals surface area (Å²) in [7, 11) is 1.70. The number of para-hydroxylation sites is 2. The number of anilines is 3. The molecule has 0 bridgehead atoms. The molecule has 0 spiro atoms. The van der Waals surface area contributed by atoms with Gasteiger partial charge in [0.15, 0.2) is 0 Å². The van der Waals surface area contributed by atoms with Crippen molar-refractivity contribution in [2.24, 2.45) is 0 Å². The molecule has 0 saturated carbocycles. The standard InChI is InChI=1S/C13H18N6O/c1-20-11-5-3-2-4-10(11)18-6-8-19(9-7-18)13-15-12(14)16-17-13/h2-5H,6-9H2,1H3,(H3,14,15,16,17). The van der Waals surface area contributed by atoms with E-state index in [1.165, 1.54) is 0 Å². The van der Waals surface area contributed by atoms with E-state index in [2.05, 4.69) is 31.0 Å². The summed E-state index contributed by atoms with van der Waals surface area (Å²) in [6.07, 6.45) is 0. The third kappa shape index (κ3) is 2.34. The Morgan fingerprint density at radius 1 is 1.15 bits per heavy atom. The van der Waals surface area contributed by atoms with E-state index < -0.39 is 0 Å². The van der Waals surface area contributed by atoms with E-state index in [0.717, 1.165) is 37.6 Å². The molecule has 1 aromatic carbocycles. The van der Waals surface area contributed by atoms with Crippen molar-refractivity contribution in [2.45, 2.75) is 0 Å². The molecule has 0 aliphatic carbocycles. The van der Waals surface area contributed by atoms with Gasteiger partial charge in [0.05, 0.1) is 12.8 Å². The Balaban J connectivity index is 1.69. The number of nitrogens with one attached hydrogen (secondary N) is 1. The van der Waals surface area contributed by atoms with Crippen molar-refractivity contribution in [3.63, 3.8) is 0 Å². The number of hydrogen-bond donors (Lipinski definition) is 2. The van der Waals surface area contributed by atoms with Crippen LogP contribution in [0.2, 0.25) is 0 Å². The second-order valence-electron chi connectivity index (χ2n) is 4.67. The summed E-state index contributed by atoms with van der Waals surface area (Å²) in [5, 5.41) is 6.76. The summed E-state index contributed by atoms with van der Waals surface area (Å²) < 4.78 is 5.41. The van der Waals surface area contributed by atoms with Gasteiger partial charge in [-0.3, -0.25) is 0 Å². The molecule has 3 rings (SSSR count). The van der Waals surface area contributed by atoms with Crippen molar-refractivity contribution in [1.82, 2.24) is 15.2 Å². The number of hydrogen-bond acceptors (Lipinski definition) is 6. The highest BCUT2D eigenvalue weighted by Gasteiger charge is 2.21. The monoisotopic (exact) mass is 274 g/mol. The molecule has 1 aromatic heterocycles. The Kier molecular flexibility index (Phi) is 3.32. The van der Waals surface area contributed by atoms with Crippen molar-refractivity contribution in [2.75, 3.05) is 48.8 Å². The van der Waals surface area contributed by atoms with E-state index in [1.807, 2.05) is 18.2 Å². The van der Waals surface area contributed by atoms with Crippen LogP contribution < -0.4 is 20.3 Å². The van der Waals surface area contributed by atoms with E-state index in [4.69, 9.17) is 10.5 Å². The number of ether oxygens (including phenoxy) is 1. The zero-order chi connectivity index (χ0) is 13.9. The number of methoxy groups -OCH3 is 1. The molecule has 0 atom stereocenters. The molecule has 1 aliphatic rings. The van der Waals surface area contributed by atoms with Crippen LogP contribution in [0, 0.1) is 0 Å². The van der Waals surface area contributed by atoms with Crippen LogP contribution in [0.25, 0.3) is 0 Å². The number of rotatable bonds is 3. The van der Waals surface area contributed by atoms with Gasteiger partial charge < -0.3 is 20.3 Å². The quantitative estimate of drug-likeness (QED) is 0.858. The fourth-order valence-electron chi connectivity index (χ4n) is 2.44. The Hall–Kier alpha value is -2.44. The number of nitrogens with zero attached hydrogens (tertiary/aromatic N) is 4. The molecule has 0 unspecified atom stereocenters. The van der Waals surface area contributed by atoms with Gasteiger partial charge in [0.2, 0.25) is 11.9 Å². The van der Waals surface area contributed by atoms with Crippen molar-refractivity contribution in [3.8, 4) is 5.75 Å². The predicted octanol–water partition coefficient (Wildman–Crippen LogP) is 0.722. The van der Waals surface area contributed by atoms with Crippen LogP contribution >= 0.6 is 0 Å². The Bertz CT molecular complexity index is 576. The Morgan fingerprint density at radius 2 is 1.85 bits per heavy atom. The molecule has 2 aromatic rings. The van der Waals surface area contributed by atoms with Gasteiger partial charge in [-0.05, 0) is 12.1 Å². The van der Waals surface area contributed by atoms with Gasteiger partial charge in [-0.15, -0.1) is 5.10 Å². The van der Waals surface area contributed by atoms with Crippen molar-refractivity contribution < 1.29 is 4.74 Å². The minimum absolute atomic E-state index is 0.354. The maximum Gasteiger partial charge on any atom is 0.246 e. The highest BCUT2D eigenvalue weighted by molar-refractivity contribution is 5.59. The first-order chi connectivity index (χ1) is 9.78. The number of H-pyrrole nitrogens is 1. The molecule has 2 heterocycles. The minimum atomic E-state index is 0.354. The van der Waals surface area contributed by atoms with Gasteiger partial charge in [0.1, 0.15) is 5.75 Å². The summed E-state index contributed by atoms with van der Waals surface area (Å²) in [6.45, 7) is 3.51. The van der Waals surface area contributed by atoms with Crippen molar-refractivity contribution in [1.29, 1.82) is 0 Å². The third-order valence-electron chi connectivity index (χ3n) is 3.48. The van der Waals surface area contributed by atoms with Crippen LogP contribution in [0.5, 0.6) is 5.75 Å². The smallest absolute Gasteiger partial charge is 0.246 e. The number of nitrogen functional groups attached to an aromatic ring is 1. The lowest BCUT2D eigenvalue weighted by atomic mass is 10.2. The molecule has 7 nitrogen and oxygen atoms in total. The molecule has 20 heavy (non-hydrogen) atoms. The normalized spacial score (nSPS) is 15.4. The van der Waals surface area contributed by atoms with Gasteiger partial charge in [-0.1, -0.05) is 12.1 Å². The average Bonchev–Trinajstić information content (AvgIpc) is 2.94. The number of nitrogens with two attached hydrogens (primary N) is 1. The summed E-state index contributed by atoms with van der Waals surface area (Å²) in [5.41, 5.74) is 6.69. The lowest BCUT2D eigenvalue weighted by molar-refractivity contribution is 0.413. The zero-order valence-electron chi connectivity index (χ0n) is 11.4. The van der Waals surface area contributed by atoms with Crippen LogP contribution in [0.15, 0.2) is 24.3 Å². The molecule has 1 fully saturated rings. The summed E-state index contributed by atoms with van der Waals surface area (Å²) in [4.78, 5) is 8.59. The van der Waals surface area contributed by atoms with E-state index in [1.54, 1.807) is 7.11 Å². The van der Waals surface area contributed by atoms with Gasteiger partial charge in [-0.25, -0.2) is 5.10 Å². The average molecular weight is 274 g/mol. The van der Waals surface area contributed by atoms with Gasteiger partial charge >= 0.3 is 0 Å². The van der Waals surface area contributed by atoms with Crippen LogP contribution in [-0.2, 0) is 0 Å². The fraction of sp³-hybridized carbons (Fsp3) is 0.385. The Morgan fingerprint density at radius 3 is 2.50 bits per heavy atom. The van der Waals surface area contributed by atoms with Crippen LogP contribution in [-0.4, -0.2) is 48.5 Å². The van der Waals surface area contributed by atoms with Crippen LogP contribution in [0.1, 0.15) is 0 Å².